The van der Waals surface area contributed by atoms with Gasteiger partial charge in [-0.25, -0.2) is 4.79 Å². The number of rotatable bonds is 4. The summed E-state index contributed by atoms with van der Waals surface area (Å²) in [6, 6.07) is 12.9. The molecule has 0 radical (unpaired) electrons. The van der Waals surface area contributed by atoms with Crippen LogP contribution in [0.25, 0.3) is 17.1 Å². The van der Waals surface area contributed by atoms with E-state index in [4.69, 9.17) is 11.6 Å². The summed E-state index contributed by atoms with van der Waals surface area (Å²) >= 11 is 8.54. The number of carbonyl (C=O) groups is 1. The number of nitrogens with zero attached hydrogens (tertiary/aromatic N) is 2. The number of hydrogen-bond donors (Lipinski definition) is 2. The van der Waals surface area contributed by atoms with Gasteiger partial charge in [-0.05, 0) is 64.6 Å². The molecule has 2 aromatic carbocycles. The Labute approximate surface area is 181 Å². The zero-order valence-corrected chi connectivity index (χ0v) is 18.6. The second kappa shape index (κ2) is 8.08. The number of H-pyrrole nitrogens is 1. The summed E-state index contributed by atoms with van der Waals surface area (Å²) < 4.78 is 2.37. The van der Waals surface area contributed by atoms with E-state index in [1.807, 2.05) is 57.2 Å². The molecule has 0 aliphatic carbocycles. The van der Waals surface area contributed by atoms with Gasteiger partial charge in [-0.2, -0.15) is 4.68 Å². The quantitative estimate of drug-likeness (QED) is 0.518. The molecule has 1 aromatic heterocycles. The third kappa shape index (κ3) is 4.64. The minimum Gasteiger partial charge on any atom is -0.352 e. The van der Waals surface area contributed by atoms with Crippen molar-refractivity contribution in [3.63, 3.8) is 0 Å². The van der Waals surface area contributed by atoms with Crippen molar-refractivity contribution in [2.75, 3.05) is 0 Å². The number of nitrogens with one attached hydrogen (secondary N) is 2. The van der Waals surface area contributed by atoms with Crippen LogP contribution >= 0.6 is 34.2 Å². The van der Waals surface area contributed by atoms with Crippen LogP contribution in [0.1, 0.15) is 26.3 Å². The summed E-state index contributed by atoms with van der Waals surface area (Å²) in [4.78, 5) is 27.2. The third-order valence-corrected chi connectivity index (χ3v) is 5.16. The molecule has 0 saturated carbocycles. The van der Waals surface area contributed by atoms with E-state index in [0.29, 0.717) is 28.6 Å². The molecule has 0 fully saturated rings. The van der Waals surface area contributed by atoms with Gasteiger partial charge < -0.3 is 5.32 Å². The summed E-state index contributed by atoms with van der Waals surface area (Å²) in [5, 5.41) is 7.76. The Bertz CT molecular complexity index is 1070. The maximum atomic E-state index is 12.4. The van der Waals surface area contributed by atoms with E-state index in [1.54, 1.807) is 6.07 Å². The van der Waals surface area contributed by atoms with Crippen LogP contribution in [0, 0.1) is 8.99 Å². The van der Waals surface area contributed by atoms with Crippen molar-refractivity contribution in [1.82, 2.24) is 20.1 Å². The number of amides is 1. The van der Waals surface area contributed by atoms with Gasteiger partial charge in [-0.3, -0.25) is 9.78 Å². The first-order valence-corrected chi connectivity index (χ1v) is 10.1. The fourth-order valence-corrected chi connectivity index (χ4v) is 3.08. The Morgan fingerprint density at radius 3 is 2.54 bits per heavy atom. The zero-order chi connectivity index (χ0) is 20.5. The van der Waals surface area contributed by atoms with Crippen molar-refractivity contribution in [3.8, 4) is 17.1 Å². The first-order chi connectivity index (χ1) is 13.1. The minimum atomic E-state index is -0.466. The molecule has 146 valence electrons. The van der Waals surface area contributed by atoms with Crippen LogP contribution in [-0.4, -0.2) is 20.7 Å². The Kier molecular flexibility index (Phi) is 5.95. The average molecular weight is 511 g/mol. The Hall–Kier alpha value is -2.13. The molecular weight excluding hydrogens is 491 g/mol. The zero-order valence-electron chi connectivity index (χ0n) is 15.7. The molecule has 0 bridgehead atoms. The van der Waals surface area contributed by atoms with Gasteiger partial charge in [0.15, 0.2) is 5.82 Å². The molecule has 3 rings (SSSR count). The number of carbonyl (C=O) groups excluding carboxylic acids is 1. The predicted octanol–water partition coefficient (Wildman–Crippen LogP) is 4.15. The summed E-state index contributed by atoms with van der Waals surface area (Å²) in [5.41, 5.74) is 1.32. The Morgan fingerprint density at radius 2 is 1.89 bits per heavy atom. The predicted molar refractivity (Wildman–Crippen MR) is 119 cm³/mol. The largest absolute Gasteiger partial charge is 0.352 e. The van der Waals surface area contributed by atoms with E-state index in [2.05, 4.69) is 38.0 Å². The fourth-order valence-electron chi connectivity index (χ4n) is 2.51. The van der Waals surface area contributed by atoms with E-state index in [0.717, 1.165) is 9.13 Å². The molecule has 2 N–H and O–H groups in total. The third-order valence-electron chi connectivity index (χ3n) is 4.11. The van der Waals surface area contributed by atoms with Crippen LogP contribution in [0.15, 0.2) is 47.3 Å². The molecule has 0 aliphatic heterocycles. The van der Waals surface area contributed by atoms with E-state index in [-0.39, 0.29) is 11.6 Å². The van der Waals surface area contributed by atoms with Gasteiger partial charge >= 0.3 is 5.69 Å². The number of hydrogen-bond acceptors (Lipinski definition) is 3. The van der Waals surface area contributed by atoms with E-state index < -0.39 is 5.41 Å². The highest BCUT2D eigenvalue weighted by atomic mass is 127. The van der Waals surface area contributed by atoms with Gasteiger partial charge in [0.05, 0.1) is 10.7 Å². The molecule has 0 aliphatic rings. The van der Waals surface area contributed by atoms with Crippen molar-refractivity contribution >= 4 is 40.1 Å². The number of aromatic nitrogens is 3. The first kappa shape index (κ1) is 20.6. The van der Waals surface area contributed by atoms with Crippen molar-refractivity contribution in [1.29, 1.82) is 0 Å². The van der Waals surface area contributed by atoms with Crippen LogP contribution in [-0.2, 0) is 11.3 Å². The van der Waals surface area contributed by atoms with Gasteiger partial charge in [0, 0.05) is 21.1 Å². The first-order valence-electron chi connectivity index (χ1n) is 8.67. The van der Waals surface area contributed by atoms with Gasteiger partial charge in [0.2, 0.25) is 5.91 Å². The molecule has 1 heterocycles. The molecule has 0 atom stereocenters. The maximum Gasteiger partial charge on any atom is 0.348 e. The molecule has 0 spiro atoms. The topological polar surface area (TPSA) is 79.8 Å². The summed E-state index contributed by atoms with van der Waals surface area (Å²) in [7, 11) is 0. The normalized spacial score (nSPS) is 11.5. The highest BCUT2D eigenvalue weighted by Crippen LogP contribution is 2.26. The average Bonchev–Trinajstić information content (AvgIpc) is 3.02. The lowest BCUT2D eigenvalue weighted by Crippen LogP contribution is -2.34. The number of halogens is 2. The smallest absolute Gasteiger partial charge is 0.348 e. The molecule has 3 aromatic rings. The molecule has 6 nitrogen and oxygen atoms in total. The Morgan fingerprint density at radius 1 is 1.21 bits per heavy atom. The van der Waals surface area contributed by atoms with Crippen LogP contribution in [0.5, 0.6) is 0 Å². The van der Waals surface area contributed by atoms with Gasteiger partial charge in [-0.1, -0.05) is 38.4 Å². The van der Waals surface area contributed by atoms with E-state index in [9.17, 15) is 9.59 Å². The van der Waals surface area contributed by atoms with Crippen LogP contribution in [0.3, 0.4) is 0 Å². The van der Waals surface area contributed by atoms with Crippen molar-refractivity contribution in [2.45, 2.75) is 27.3 Å². The lowest BCUT2D eigenvalue weighted by atomic mass is 9.95. The van der Waals surface area contributed by atoms with E-state index >= 15 is 0 Å². The second-order valence-corrected chi connectivity index (χ2v) is 9.07. The molecule has 1 amide bonds. The monoisotopic (exact) mass is 510 g/mol. The van der Waals surface area contributed by atoms with Gasteiger partial charge in [0.1, 0.15) is 0 Å². The number of benzene rings is 2. The van der Waals surface area contributed by atoms with Crippen LogP contribution in [0.2, 0.25) is 5.02 Å². The van der Waals surface area contributed by atoms with Gasteiger partial charge in [-0.15, -0.1) is 5.10 Å². The highest BCUT2D eigenvalue weighted by Gasteiger charge is 2.20. The van der Waals surface area contributed by atoms with Crippen molar-refractivity contribution < 1.29 is 4.79 Å². The van der Waals surface area contributed by atoms with Crippen molar-refractivity contribution in [3.05, 3.63) is 67.1 Å². The summed E-state index contributed by atoms with van der Waals surface area (Å²) in [6.07, 6.45) is 0. The molecule has 0 unspecified atom stereocenters. The lowest BCUT2D eigenvalue weighted by molar-refractivity contribution is -0.128. The van der Waals surface area contributed by atoms with Crippen LogP contribution in [0.4, 0.5) is 0 Å². The standard InChI is InChI=1S/C20H20ClIN4O2/c1-20(2,3)18(27)23-11-12-4-9-16(21)15(10-12)17-24-19(28)26(25-17)14-7-5-13(22)6-8-14/h4-10H,11H2,1-3H3,(H,23,27)(H,24,25,28). The fraction of sp³-hybridized carbons (Fsp3) is 0.250. The number of aromatic amines is 1. The molecular formula is C20H20ClIN4O2. The maximum absolute atomic E-state index is 12.4. The van der Waals surface area contributed by atoms with Crippen LogP contribution < -0.4 is 11.0 Å². The lowest BCUT2D eigenvalue weighted by Gasteiger charge is -2.17. The molecule has 0 saturated heterocycles. The minimum absolute atomic E-state index is 0.0413. The van der Waals surface area contributed by atoms with Gasteiger partial charge in [0.25, 0.3) is 0 Å². The van der Waals surface area contributed by atoms with Crippen molar-refractivity contribution in [2.24, 2.45) is 5.41 Å². The summed E-state index contributed by atoms with van der Waals surface area (Å²) in [6.45, 7) is 5.94. The Balaban J connectivity index is 1.90. The van der Waals surface area contributed by atoms with E-state index in [1.165, 1.54) is 4.68 Å². The molecule has 8 heteroatoms. The second-order valence-electron chi connectivity index (χ2n) is 7.41. The molecule has 28 heavy (non-hydrogen) atoms. The summed E-state index contributed by atoms with van der Waals surface area (Å²) in [5.74, 6) is 0.331. The SMILES string of the molecule is CC(C)(C)C(=O)NCc1ccc(Cl)c(-c2nn(-c3ccc(I)cc3)c(=O)[nH]2)c1. The highest BCUT2D eigenvalue weighted by molar-refractivity contribution is 14.1.